The predicted octanol–water partition coefficient (Wildman–Crippen LogP) is 2.63. The molecule has 2 rings (SSSR count). The first-order chi connectivity index (χ1) is 6.36. The van der Waals surface area contributed by atoms with E-state index in [0.717, 1.165) is 12.2 Å². The van der Waals surface area contributed by atoms with Gasteiger partial charge in [0, 0.05) is 11.7 Å². The molecule has 1 saturated heterocycles. The Morgan fingerprint density at radius 2 is 2.21 bits per heavy atom. The minimum atomic E-state index is 0. The van der Waals surface area contributed by atoms with E-state index in [-0.39, 0.29) is 12.4 Å². The zero-order chi connectivity index (χ0) is 9.10. The first-order valence-corrected chi connectivity index (χ1v) is 5.03. The highest BCUT2D eigenvalue weighted by atomic mass is 35.5. The molecule has 0 spiro atoms. The molecule has 2 nitrogen and oxygen atoms in total. The zero-order valence-electron chi connectivity index (χ0n) is 8.49. The normalized spacial score (nSPS) is 21.4. The number of aromatic nitrogens is 1. The summed E-state index contributed by atoms with van der Waals surface area (Å²) in [7, 11) is 0. The maximum Gasteiger partial charge on any atom is 0.0576 e. The van der Waals surface area contributed by atoms with Crippen LogP contribution < -0.4 is 5.32 Å². The minimum Gasteiger partial charge on any atom is -0.309 e. The second kappa shape index (κ2) is 5.32. The van der Waals surface area contributed by atoms with Crippen LogP contribution in [0.4, 0.5) is 0 Å². The van der Waals surface area contributed by atoms with Gasteiger partial charge < -0.3 is 5.32 Å². The fourth-order valence-electron chi connectivity index (χ4n) is 1.86. The van der Waals surface area contributed by atoms with Crippen LogP contribution in [0.1, 0.15) is 36.7 Å². The highest BCUT2D eigenvalue weighted by Crippen LogP contribution is 2.20. The van der Waals surface area contributed by atoms with Gasteiger partial charge in [-0.2, -0.15) is 0 Å². The first-order valence-electron chi connectivity index (χ1n) is 5.03. The summed E-state index contributed by atoms with van der Waals surface area (Å²) >= 11 is 0. The molecule has 2 heterocycles. The van der Waals surface area contributed by atoms with Crippen LogP contribution in [-0.4, -0.2) is 11.5 Å². The van der Waals surface area contributed by atoms with Crippen molar-refractivity contribution >= 4 is 12.4 Å². The van der Waals surface area contributed by atoms with Gasteiger partial charge in [0.1, 0.15) is 0 Å². The summed E-state index contributed by atoms with van der Waals surface area (Å²) in [4.78, 5) is 4.53. The number of pyridine rings is 1. The van der Waals surface area contributed by atoms with E-state index in [1.807, 2.05) is 13.0 Å². The highest BCUT2D eigenvalue weighted by molar-refractivity contribution is 5.85. The van der Waals surface area contributed by atoms with Gasteiger partial charge in [-0.15, -0.1) is 12.4 Å². The van der Waals surface area contributed by atoms with Crippen LogP contribution in [0, 0.1) is 6.92 Å². The van der Waals surface area contributed by atoms with Crippen molar-refractivity contribution in [2.45, 2.75) is 32.2 Å². The Labute approximate surface area is 91.5 Å². The van der Waals surface area contributed by atoms with E-state index in [0.29, 0.717) is 6.04 Å². The van der Waals surface area contributed by atoms with Crippen molar-refractivity contribution in [1.29, 1.82) is 0 Å². The molecule has 0 saturated carbocycles. The molecule has 78 valence electrons. The molecule has 1 aliphatic rings. The fourth-order valence-corrected chi connectivity index (χ4v) is 1.86. The lowest BCUT2D eigenvalue weighted by molar-refractivity contribution is 0.405. The standard InChI is InChI=1S/C11H16N2.ClH/c1-9-5-4-7-11(13-9)10-6-2-3-8-12-10;/h4-5,7,10,12H,2-3,6,8H2,1H3;1H/t10-;/m0./s1. The average molecular weight is 213 g/mol. The van der Waals surface area contributed by atoms with Crippen LogP contribution >= 0.6 is 12.4 Å². The summed E-state index contributed by atoms with van der Waals surface area (Å²) in [5.74, 6) is 0. The number of nitrogens with one attached hydrogen (secondary N) is 1. The van der Waals surface area contributed by atoms with Gasteiger partial charge in [-0.05, 0) is 38.4 Å². The van der Waals surface area contributed by atoms with Crippen molar-refractivity contribution < 1.29 is 0 Å². The van der Waals surface area contributed by atoms with E-state index in [1.165, 1.54) is 25.0 Å². The molecule has 0 amide bonds. The van der Waals surface area contributed by atoms with Crippen molar-refractivity contribution in [1.82, 2.24) is 10.3 Å². The van der Waals surface area contributed by atoms with Crippen LogP contribution in [0.25, 0.3) is 0 Å². The Morgan fingerprint density at radius 3 is 2.86 bits per heavy atom. The van der Waals surface area contributed by atoms with Gasteiger partial charge in [-0.3, -0.25) is 4.98 Å². The summed E-state index contributed by atoms with van der Waals surface area (Å²) in [6.45, 7) is 3.19. The number of halogens is 1. The second-order valence-corrected chi connectivity index (χ2v) is 3.71. The molecule has 1 aliphatic heterocycles. The first kappa shape index (κ1) is 11.5. The van der Waals surface area contributed by atoms with Crippen molar-refractivity contribution in [2.24, 2.45) is 0 Å². The van der Waals surface area contributed by atoms with Gasteiger partial charge in [-0.1, -0.05) is 12.5 Å². The number of nitrogens with zero attached hydrogens (tertiary/aromatic N) is 1. The smallest absolute Gasteiger partial charge is 0.0576 e. The SMILES string of the molecule is Cc1cccc([C@@H]2CCCCN2)n1.Cl. The molecular formula is C11H17ClN2. The van der Waals surface area contributed by atoms with Crippen molar-refractivity contribution in [3.05, 3.63) is 29.6 Å². The van der Waals surface area contributed by atoms with Gasteiger partial charge >= 0.3 is 0 Å². The summed E-state index contributed by atoms with van der Waals surface area (Å²) < 4.78 is 0. The van der Waals surface area contributed by atoms with Crippen LogP contribution in [0.2, 0.25) is 0 Å². The molecule has 14 heavy (non-hydrogen) atoms. The topological polar surface area (TPSA) is 24.9 Å². The van der Waals surface area contributed by atoms with Gasteiger partial charge in [-0.25, -0.2) is 0 Å². The molecule has 0 aromatic carbocycles. The summed E-state index contributed by atoms with van der Waals surface area (Å²) in [5.41, 5.74) is 2.32. The summed E-state index contributed by atoms with van der Waals surface area (Å²) in [6.07, 6.45) is 3.87. The lowest BCUT2D eigenvalue weighted by atomic mass is 10.0. The molecule has 3 heteroatoms. The van der Waals surface area contributed by atoms with E-state index in [4.69, 9.17) is 0 Å². The second-order valence-electron chi connectivity index (χ2n) is 3.71. The van der Waals surface area contributed by atoms with Gasteiger partial charge in [0.05, 0.1) is 5.69 Å². The van der Waals surface area contributed by atoms with Gasteiger partial charge in [0.2, 0.25) is 0 Å². The quantitative estimate of drug-likeness (QED) is 0.774. The molecular weight excluding hydrogens is 196 g/mol. The van der Waals surface area contributed by atoms with E-state index < -0.39 is 0 Å². The van der Waals surface area contributed by atoms with E-state index in [1.54, 1.807) is 0 Å². The van der Waals surface area contributed by atoms with Crippen LogP contribution in [0.15, 0.2) is 18.2 Å². The van der Waals surface area contributed by atoms with E-state index in [2.05, 4.69) is 22.4 Å². The molecule has 0 bridgehead atoms. The number of hydrogen-bond donors (Lipinski definition) is 1. The maximum atomic E-state index is 4.53. The molecule has 0 aliphatic carbocycles. The lowest BCUT2D eigenvalue weighted by Crippen LogP contribution is -2.27. The Morgan fingerprint density at radius 1 is 1.36 bits per heavy atom. The average Bonchev–Trinajstić information content (AvgIpc) is 2.19. The minimum absolute atomic E-state index is 0. The molecule has 0 unspecified atom stereocenters. The van der Waals surface area contributed by atoms with Crippen molar-refractivity contribution in [3.63, 3.8) is 0 Å². The Balaban J connectivity index is 0.000000980. The fraction of sp³-hybridized carbons (Fsp3) is 0.545. The third-order valence-corrected chi connectivity index (χ3v) is 2.58. The zero-order valence-corrected chi connectivity index (χ0v) is 9.31. The maximum absolute atomic E-state index is 4.53. The van der Waals surface area contributed by atoms with Crippen molar-refractivity contribution in [3.8, 4) is 0 Å². The largest absolute Gasteiger partial charge is 0.309 e. The molecule has 1 aromatic rings. The molecule has 1 N–H and O–H groups in total. The Kier molecular flexibility index (Phi) is 4.36. The number of hydrogen-bond acceptors (Lipinski definition) is 2. The molecule has 1 aromatic heterocycles. The summed E-state index contributed by atoms with van der Waals surface area (Å²) in [6, 6.07) is 6.75. The molecule has 1 atom stereocenters. The molecule has 0 radical (unpaired) electrons. The number of rotatable bonds is 1. The highest BCUT2D eigenvalue weighted by Gasteiger charge is 2.15. The van der Waals surface area contributed by atoms with E-state index in [9.17, 15) is 0 Å². The Bertz CT molecular complexity index is 282. The predicted molar refractivity (Wildman–Crippen MR) is 60.8 cm³/mol. The summed E-state index contributed by atoms with van der Waals surface area (Å²) in [5, 5.41) is 3.50. The van der Waals surface area contributed by atoms with Gasteiger partial charge in [0.25, 0.3) is 0 Å². The Hall–Kier alpha value is -0.600. The van der Waals surface area contributed by atoms with Crippen molar-refractivity contribution in [2.75, 3.05) is 6.54 Å². The monoisotopic (exact) mass is 212 g/mol. The number of piperidine rings is 1. The number of aryl methyl sites for hydroxylation is 1. The van der Waals surface area contributed by atoms with Crippen LogP contribution in [-0.2, 0) is 0 Å². The molecule has 1 fully saturated rings. The third-order valence-electron chi connectivity index (χ3n) is 2.58. The third kappa shape index (κ3) is 2.69. The van der Waals surface area contributed by atoms with Crippen LogP contribution in [0.5, 0.6) is 0 Å². The lowest BCUT2D eigenvalue weighted by Gasteiger charge is -2.22. The van der Waals surface area contributed by atoms with Gasteiger partial charge in [0.15, 0.2) is 0 Å². The van der Waals surface area contributed by atoms with E-state index >= 15 is 0 Å². The van der Waals surface area contributed by atoms with Crippen LogP contribution in [0.3, 0.4) is 0 Å².